The van der Waals surface area contributed by atoms with Gasteiger partial charge in [0.2, 0.25) is 5.82 Å². The number of aromatic nitrogens is 2. The summed E-state index contributed by atoms with van der Waals surface area (Å²) >= 11 is 1.35. The first-order valence-corrected chi connectivity index (χ1v) is 9.74. The maximum Gasteiger partial charge on any atom is 0.270 e. The Balaban J connectivity index is 1.41. The number of anilines is 1. The van der Waals surface area contributed by atoms with Crippen molar-refractivity contribution in [3.8, 4) is 33.7 Å². The van der Waals surface area contributed by atoms with Crippen molar-refractivity contribution in [2.75, 3.05) is 19.0 Å². The fourth-order valence-corrected chi connectivity index (χ4v) is 3.38. The number of hydrogen-bond acceptors (Lipinski definition) is 7. The van der Waals surface area contributed by atoms with Crippen LogP contribution < -0.4 is 14.8 Å². The number of amides is 1. The van der Waals surface area contributed by atoms with E-state index in [4.69, 9.17) is 14.0 Å². The second-order valence-corrected chi connectivity index (χ2v) is 7.02. The van der Waals surface area contributed by atoms with Crippen LogP contribution in [0.15, 0.2) is 64.5 Å². The van der Waals surface area contributed by atoms with Crippen molar-refractivity contribution in [1.82, 2.24) is 10.1 Å². The summed E-state index contributed by atoms with van der Waals surface area (Å²) in [4.78, 5) is 17.3. The maximum atomic E-state index is 13.1. The van der Waals surface area contributed by atoms with Crippen LogP contribution in [0.3, 0.4) is 0 Å². The average Bonchev–Trinajstić information content (AvgIpc) is 3.42. The number of thiophene rings is 1. The van der Waals surface area contributed by atoms with Gasteiger partial charge < -0.3 is 19.3 Å². The molecule has 0 aliphatic carbocycles. The molecule has 0 atom stereocenters. The topological polar surface area (TPSA) is 86.5 Å². The van der Waals surface area contributed by atoms with Gasteiger partial charge in [-0.2, -0.15) is 4.98 Å². The van der Waals surface area contributed by atoms with Gasteiger partial charge in [0.15, 0.2) is 6.61 Å². The molecule has 4 rings (SSSR count). The highest BCUT2D eigenvalue weighted by molar-refractivity contribution is 7.14. The summed E-state index contributed by atoms with van der Waals surface area (Å²) in [6.07, 6.45) is 0. The second-order valence-electron chi connectivity index (χ2n) is 6.11. The summed E-state index contributed by atoms with van der Waals surface area (Å²) in [5.74, 6) is 1.17. The van der Waals surface area contributed by atoms with E-state index in [2.05, 4.69) is 15.5 Å². The number of halogens is 1. The lowest BCUT2D eigenvalue weighted by molar-refractivity contribution is -0.118. The van der Waals surface area contributed by atoms with E-state index in [0.717, 1.165) is 0 Å². The predicted octanol–water partition coefficient (Wildman–Crippen LogP) is 4.63. The van der Waals surface area contributed by atoms with Gasteiger partial charge in [0.05, 0.1) is 12.8 Å². The highest BCUT2D eigenvalue weighted by atomic mass is 32.1. The molecule has 0 fully saturated rings. The minimum absolute atomic E-state index is 0.160. The Hall–Kier alpha value is -3.72. The first-order valence-electron chi connectivity index (χ1n) is 8.86. The Morgan fingerprint density at radius 3 is 2.57 bits per heavy atom. The van der Waals surface area contributed by atoms with Crippen LogP contribution in [-0.4, -0.2) is 29.8 Å². The smallest absolute Gasteiger partial charge is 0.270 e. The largest absolute Gasteiger partial charge is 0.497 e. The van der Waals surface area contributed by atoms with Crippen LogP contribution >= 0.6 is 11.3 Å². The molecule has 2 heterocycles. The van der Waals surface area contributed by atoms with Crippen LogP contribution in [0.5, 0.6) is 11.5 Å². The van der Waals surface area contributed by atoms with Crippen molar-refractivity contribution >= 4 is 22.9 Å². The summed E-state index contributed by atoms with van der Waals surface area (Å²) in [5, 5.41) is 8.52. The number of methoxy groups -OCH3 is 1. The van der Waals surface area contributed by atoms with Gasteiger partial charge in [-0.25, -0.2) is 4.39 Å². The van der Waals surface area contributed by atoms with Crippen LogP contribution in [-0.2, 0) is 4.79 Å². The minimum Gasteiger partial charge on any atom is -0.497 e. The fourth-order valence-electron chi connectivity index (χ4n) is 2.61. The zero-order valence-electron chi connectivity index (χ0n) is 15.8. The molecule has 152 valence electrons. The van der Waals surface area contributed by atoms with Gasteiger partial charge in [-0.15, -0.1) is 11.3 Å². The molecular formula is C21H16FN3O4S. The van der Waals surface area contributed by atoms with Crippen molar-refractivity contribution in [3.05, 3.63) is 65.8 Å². The standard InChI is InChI=1S/C21H16FN3O4S/c1-27-15-6-8-16(9-7-15)28-12-18(26)23-17-10-11-30-19(17)21-24-20(25-29-21)13-2-4-14(22)5-3-13/h2-11H,12H2,1H3,(H,23,26). The number of nitrogens with one attached hydrogen (secondary N) is 1. The molecule has 7 nitrogen and oxygen atoms in total. The van der Waals surface area contributed by atoms with Gasteiger partial charge in [0.1, 0.15) is 22.2 Å². The Kier molecular flexibility index (Phi) is 5.71. The van der Waals surface area contributed by atoms with Crippen molar-refractivity contribution in [2.24, 2.45) is 0 Å². The molecule has 0 aliphatic heterocycles. The first-order chi connectivity index (χ1) is 14.6. The molecule has 0 spiro atoms. The lowest BCUT2D eigenvalue weighted by Crippen LogP contribution is -2.20. The number of nitrogens with zero attached hydrogens (tertiary/aromatic N) is 2. The highest BCUT2D eigenvalue weighted by Crippen LogP contribution is 2.33. The molecule has 1 N–H and O–H groups in total. The molecule has 9 heteroatoms. The summed E-state index contributed by atoms with van der Waals surface area (Å²) in [6, 6.07) is 14.5. The van der Waals surface area contributed by atoms with E-state index in [1.54, 1.807) is 55.0 Å². The van der Waals surface area contributed by atoms with Crippen LogP contribution in [0.1, 0.15) is 0 Å². The number of ether oxygens (including phenoxy) is 2. The number of benzene rings is 2. The lowest BCUT2D eigenvalue weighted by Gasteiger charge is -2.08. The van der Waals surface area contributed by atoms with Gasteiger partial charge in [0.25, 0.3) is 11.8 Å². The predicted molar refractivity (Wildman–Crippen MR) is 110 cm³/mol. The van der Waals surface area contributed by atoms with Crippen LogP contribution in [0.2, 0.25) is 0 Å². The lowest BCUT2D eigenvalue weighted by atomic mass is 10.2. The Labute approximate surface area is 175 Å². The Morgan fingerprint density at radius 1 is 1.10 bits per heavy atom. The molecular weight excluding hydrogens is 409 g/mol. The number of carbonyl (C=O) groups excluding carboxylic acids is 1. The van der Waals surface area contributed by atoms with E-state index < -0.39 is 0 Å². The van der Waals surface area contributed by atoms with E-state index in [-0.39, 0.29) is 24.2 Å². The van der Waals surface area contributed by atoms with E-state index >= 15 is 0 Å². The SMILES string of the molecule is COc1ccc(OCC(=O)Nc2ccsc2-c2nc(-c3ccc(F)cc3)no2)cc1. The Bertz CT molecular complexity index is 1140. The third-order valence-corrected chi connectivity index (χ3v) is 4.99. The van der Waals surface area contributed by atoms with Gasteiger partial charge in [-0.1, -0.05) is 5.16 Å². The molecule has 0 bridgehead atoms. The summed E-state index contributed by atoms with van der Waals surface area (Å²) in [5.41, 5.74) is 1.17. The van der Waals surface area contributed by atoms with E-state index in [1.165, 1.54) is 23.5 Å². The van der Waals surface area contributed by atoms with Crippen LogP contribution in [0, 0.1) is 5.82 Å². The van der Waals surface area contributed by atoms with Crippen molar-refractivity contribution in [3.63, 3.8) is 0 Å². The summed E-state index contributed by atoms with van der Waals surface area (Å²) in [7, 11) is 1.58. The number of carbonyl (C=O) groups is 1. The summed E-state index contributed by atoms with van der Waals surface area (Å²) in [6.45, 7) is -0.160. The van der Waals surface area contributed by atoms with Crippen molar-refractivity contribution in [2.45, 2.75) is 0 Å². The number of rotatable bonds is 7. The Morgan fingerprint density at radius 2 is 1.83 bits per heavy atom. The van der Waals surface area contributed by atoms with E-state index in [1.807, 2.05) is 0 Å². The maximum absolute atomic E-state index is 13.1. The number of hydrogen-bond donors (Lipinski definition) is 1. The van der Waals surface area contributed by atoms with Crippen molar-refractivity contribution < 1.29 is 23.2 Å². The fraction of sp³-hybridized carbons (Fsp3) is 0.0952. The molecule has 30 heavy (non-hydrogen) atoms. The average molecular weight is 425 g/mol. The molecule has 4 aromatic rings. The van der Waals surface area contributed by atoms with Crippen LogP contribution in [0.25, 0.3) is 22.2 Å². The van der Waals surface area contributed by atoms with Crippen LogP contribution in [0.4, 0.5) is 10.1 Å². The quantitative estimate of drug-likeness (QED) is 0.465. The van der Waals surface area contributed by atoms with Gasteiger partial charge in [0, 0.05) is 5.56 Å². The molecule has 0 radical (unpaired) electrons. The van der Waals surface area contributed by atoms with Gasteiger partial charge in [-0.05, 0) is 60.0 Å². The van der Waals surface area contributed by atoms with E-state index in [0.29, 0.717) is 33.5 Å². The monoisotopic (exact) mass is 425 g/mol. The van der Waals surface area contributed by atoms with Crippen molar-refractivity contribution in [1.29, 1.82) is 0 Å². The third-order valence-electron chi connectivity index (χ3n) is 4.09. The highest BCUT2D eigenvalue weighted by Gasteiger charge is 2.17. The minimum atomic E-state index is -0.345. The first kappa shape index (κ1) is 19.6. The molecule has 2 aromatic heterocycles. The molecule has 0 saturated heterocycles. The zero-order valence-corrected chi connectivity index (χ0v) is 16.6. The van der Waals surface area contributed by atoms with E-state index in [9.17, 15) is 9.18 Å². The molecule has 2 aromatic carbocycles. The normalized spacial score (nSPS) is 10.6. The molecule has 1 amide bonds. The molecule has 0 aliphatic rings. The third kappa shape index (κ3) is 4.47. The summed E-state index contributed by atoms with van der Waals surface area (Å²) < 4.78 is 29.0. The molecule has 0 saturated carbocycles. The van der Waals surface area contributed by atoms with Gasteiger partial charge >= 0.3 is 0 Å². The van der Waals surface area contributed by atoms with Gasteiger partial charge in [-0.3, -0.25) is 4.79 Å². The zero-order chi connectivity index (χ0) is 20.9. The second kappa shape index (κ2) is 8.75. The molecule has 0 unspecified atom stereocenters.